The minimum Gasteiger partial charge on any atom is -0.341 e. The molecule has 1 saturated heterocycles. The van der Waals surface area contributed by atoms with Gasteiger partial charge in [-0.2, -0.15) is 0 Å². The molecule has 0 aliphatic carbocycles. The van der Waals surface area contributed by atoms with E-state index < -0.39 is 0 Å². The van der Waals surface area contributed by atoms with E-state index >= 15 is 0 Å². The van der Waals surface area contributed by atoms with E-state index in [1.54, 1.807) is 11.9 Å². The van der Waals surface area contributed by atoms with Gasteiger partial charge in [0.1, 0.15) is 0 Å². The second-order valence-corrected chi connectivity index (χ2v) is 2.76. The second-order valence-electron chi connectivity index (χ2n) is 2.76. The molecular weight excluding hydrogens is 158 g/mol. The van der Waals surface area contributed by atoms with E-state index in [4.69, 9.17) is 0 Å². The van der Waals surface area contributed by atoms with Crippen LogP contribution in [0.5, 0.6) is 0 Å². The number of rotatable bonds is 0. The molecule has 5 nitrogen and oxygen atoms in total. The fourth-order valence-corrected chi connectivity index (χ4v) is 1.19. The van der Waals surface area contributed by atoms with Gasteiger partial charge < -0.3 is 10.2 Å². The molecule has 1 N–H and O–H groups in total. The van der Waals surface area contributed by atoms with Crippen LogP contribution in [0.4, 0.5) is 9.59 Å². The lowest BCUT2D eigenvalue weighted by Gasteiger charge is -2.31. The summed E-state index contributed by atoms with van der Waals surface area (Å²) in [4.78, 5) is 25.2. The zero-order chi connectivity index (χ0) is 9.14. The van der Waals surface area contributed by atoms with Crippen molar-refractivity contribution < 1.29 is 9.59 Å². The minimum absolute atomic E-state index is 0.222. The molecule has 1 rings (SSSR count). The third kappa shape index (κ3) is 1.49. The summed E-state index contributed by atoms with van der Waals surface area (Å²) in [6.07, 6.45) is 0.843. The first-order chi connectivity index (χ1) is 5.66. The number of amides is 4. The van der Waals surface area contributed by atoms with Crippen molar-refractivity contribution in [2.75, 3.05) is 27.2 Å². The SMILES string of the molecule is CNC(=O)N1CCCN(C)C1=O. The molecular formula is C7H13N3O2. The Hall–Kier alpha value is -1.26. The molecule has 0 radical (unpaired) electrons. The average Bonchev–Trinajstić information content (AvgIpc) is 2.08. The molecule has 4 amide bonds. The predicted molar refractivity (Wildman–Crippen MR) is 43.8 cm³/mol. The fraction of sp³-hybridized carbons (Fsp3) is 0.714. The van der Waals surface area contributed by atoms with E-state index in [0.29, 0.717) is 6.54 Å². The van der Waals surface area contributed by atoms with Gasteiger partial charge in [0.25, 0.3) is 0 Å². The lowest BCUT2D eigenvalue weighted by molar-refractivity contribution is 0.145. The fourth-order valence-electron chi connectivity index (χ4n) is 1.19. The van der Waals surface area contributed by atoms with Gasteiger partial charge in [-0.25, -0.2) is 14.5 Å². The number of hydrogen-bond acceptors (Lipinski definition) is 2. The number of imide groups is 1. The summed E-state index contributed by atoms with van der Waals surface area (Å²) in [5, 5.41) is 2.43. The lowest BCUT2D eigenvalue weighted by Crippen LogP contribution is -2.52. The summed E-state index contributed by atoms with van der Waals surface area (Å²) >= 11 is 0. The van der Waals surface area contributed by atoms with E-state index in [1.807, 2.05) is 0 Å². The molecule has 0 aromatic carbocycles. The first kappa shape index (κ1) is 8.83. The van der Waals surface area contributed by atoms with Crippen molar-refractivity contribution in [2.24, 2.45) is 0 Å². The number of urea groups is 2. The molecule has 0 spiro atoms. The van der Waals surface area contributed by atoms with Crippen molar-refractivity contribution >= 4 is 12.1 Å². The van der Waals surface area contributed by atoms with E-state index in [9.17, 15) is 9.59 Å². The van der Waals surface area contributed by atoms with Gasteiger partial charge in [0.2, 0.25) is 0 Å². The molecule has 1 aliphatic heterocycles. The van der Waals surface area contributed by atoms with E-state index in [-0.39, 0.29) is 12.1 Å². The summed E-state index contributed by atoms with van der Waals surface area (Å²) < 4.78 is 0. The standard InChI is InChI=1S/C7H13N3O2/c1-8-6(11)10-5-3-4-9(2)7(10)12/h3-5H2,1-2H3,(H,8,11). The van der Waals surface area contributed by atoms with Crippen molar-refractivity contribution in [3.8, 4) is 0 Å². The van der Waals surface area contributed by atoms with Gasteiger partial charge >= 0.3 is 12.1 Å². The van der Waals surface area contributed by atoms with Gasteiger partial charge in [0.05, 0.1) is 0 Å². The maximum atomic E-state index is 11.3. The molecule has 1 aliphatic rings. The van der Waals surface area contributed by atoms with Crippen LogP contribution in [0.25, 0.3) is 0 Å². The molecule has 1 heterocycles. The van der Waals surface area contributed by atoms with Crippen molar-refractivity contribution in [1.82, 2.24) is 15.1 Å². The number of nitrogens with zero attached hydrogens (tertiary/aromatic N) is 2. The molecule has 1 fully saturated rings. The van der Waals surface area contributed by atoms with Crippen LogP contribution in [0.3, 0.4) is 0 Å². The zero-order valence-corrected chi connectivity index (χ0v) is 7.33. The largest absolute Gasteiger partial charge is 0.341 e. The van der Waals surface area contributed by atoms with E-state index in [0.717, 1.165) is 13.0 Å². The van der Waals surface area contributed by atoms with Crippen LogP contribution in [0.1, 0.15) is 6.42 Å². The highest BCUT2D eigenvalue weighted by Gasteiger charge is 2.26. The Balaban J connectivity index is 2.64. The molecule has 0 unspecified atom stereocenters. The van der Waals surface area contributed by atoms with E-state index in [2.05, 4.69) is 5.32 Å². The van der Waals surface area contributed by atoms with E-state index in [1.165, 1.54) is 11.9 Å². The predicted octanol–water partition coefficient (Wildman–Crippen LogP) is 0.0833. The van der Waals surface area contributed by atoms with Crippen LogP contribution in [-0.4, -0.2) is 49.0 Å². The van der Waals surface area contributed by atoms with Gasteiger partial charge in [-0.05, 0) is 6.42 Å². The van der Waals surface area contributed by atoms with Crippen molar-refractivity contribution in [3.05, 3.63) is 0 Å². The van der Waals surface area contributed by atoms with Crippen LogP contribution >= 0.6 is 0 Å². The van der Waals surface area contributed by atoms with Crippen LogP contribution < -0.4 is 5.32 Å². The molecule has 0 aromatic rings. The highest BCUT2D eigenvalue weighted by molar-refractivity contribution is 5.93. The summed E-state index contributed by atoms with van der Waals surface area (Å²) in [5.74, 6) is 0. The Bertz CT molecular complexity index is 205. The third-order valence-electron chi connectivity index (χ3n) is 1.89. The molecule has 5 heteroatoms. The summed E-state index contributed by atoms with van der Waals surface area (Å²) in [6.45, 7) is 1.25. The Kier molecular flexibility index (Phi) is 2.52. The highest BCUT2D eigenvalue weighted by atomic mass is 16.2. The Labute approximate surface area is 71.3 Å². The lowest BCUT2D eigenvalue weighted by atomic mass is 10.3. The number of hydrogen-bond donors (Lipinski definition) is 1. The number of carbonyl (C=O) groups is 2. The van der Waals surface area contributed by atoms with Gasteiger partial charge in [0, 0.05) is 27.2 Å². The first-order valence-corrected chi connectivity index (χ1v) is 3.91. The first-order valence-electron chi connectivity index (χ1n) is 3.91. The normalized spacial score (nSPS) is 18.0. The second kappa shape index (κ2) is 3.42. The molecule has 12 heavy (non-hydrogen) atoms. The van der Waals surface area contributed by atoms with Crippen molar-refractivity contribution in [3.63, 3.8) is 0 Å². The maximum Gasteiger partial charge on any atom is 0.327 e. The average molecular weight is 171 g/mol. The Morgan fingerprint density at radius 3 is 2.75 bits per heavy atom. The minimum atomic E-state index is -0.327. The quantitative estimate of drug-likeness (QED) is 0.561. The molecule has 0 saturated carbocycles. The smallest absolute Gasteiger partial charge is 0.327 e. The van der Waals surface area contributed by atoms with Gasteiger partial charge in [-0.3, -0.25) is 0 Å². The van der Waals surface area contributed by atoms with Crippen molar-refractivity contribution in [2.45, 2.75) is 6.42 Å². The molecule has 0 bridgehead atoms. The highest BCUT2D eigenvalue weighted by Crippen LogP contribution is 2.06. The number of carbonyl (C=O) groups excluding carboxylic acids is 2. The summed E-state index contributed by atoms with van der Waals surface area (Å²) in [5.41, 5.74) is 0. The molecule has 0 aromatic heterocycles. The third-order valence-corrected chi connectivity index (χ3v) is 1.89. The topological polar surface area (TPSA) is 52.7 Å². The van der Waals surface area contributed by atoms with Crippen LogP contribution in [0.15, 0.2) is 0 Å². The number of nitrogens with one attached hydrogen (secondary N) is 1. The molecule has 68 valence electrons. The van der Waals surface area contributed by atoms with Crippen LogP contribution in [-0.2, 0) is 0 Å². The summed E-state index contributed by atoms with van der Waals surface area (Å²) in [6, 6.07) is -0.549. The van der Waals surface area contributed by atoms with Gasteiger partial charge in [0.15, 0.2) is 0 Å². The van der Waals surface area contributed by atoms with Crippen LogP contribution in [0.2, 0.25) is 0 Å². The maximum absolute atomic E-state index is 11.3. The van der Waals surface area contributed by atoms with Gasteiger partial charge in [-0.1, -0.05) is 0 Å². The summed E-state index contributed by atoms with van der Waals surface area (Å²) in [7, 11) is 3.21. The van der Waals surface area contributed by atoms with Crippen LogP contribution in [0, 0.1) is 0 Å². The zero-order valence-electron chi connectivity index (χ0n) is 7.33. The van der Waals surface area contributed by atoms with Gasteiger partial charge in [-0.15, -0.1) is 0 Å². The Morgan fingerprint density at radius 1 is 1.50 bits per heavy atom. The molecule has 0 atom stereocenters. The Morgan fingerprint density at radius 2 is 2.17 bits per heavy atom. The monoisotopic (exact) mass is 171 g/mol. The van der Waals surface area contributed by atoms with Crippen molar-refractivity contribution in [1.29, 1.82) is 0 Å².